The van der Waals surface area contributed by atoms with Crippen LogP contribution in [0.25, 0.3) is 10.9 Å². The molecule has 0 aliphatic rings. The second-order valence-corrected chi connectivity index (χ2v) is 7.34. The van der Waals surface area contributed by atoms with Crippen molar-refractivity contribution in [1.82, 2.24) is 19.7 Å². The van der Waals surface area contributed by atoms with Crippen molar-refractivity contribution >= 4 is 44.1 Å². The highest BCUT2D eigenvalue weighted by atomic mass is 32.2. The number of nitrogens with two attached hydrogens (primary N) is 1. The Labute approximate surface area is 207 Å². The topological polar surface area (TPSA) is 119 Å². The van der Waals surface area contributed by atoms with Crippen LogP contribution < -0.4 is 15.4 Å². The molecule has 2 aromatic heterocycles. The van der Waals surface area contributed by atoms with Crippen molar-refractivity contribution in [3.8, 4) is 0 Å². The lowest BCUT2D eigenvalue weighted by atomic mass is 10.2. The van der Waals surface area contributed by atoms with Crippen molar-refractivity contribution in [3.63, 3.8) is 0 Å². The van der Waals surface area contributed by atoms with Crippen LogP contribution in [0, 0.1) is 13.7 Å². The van der Waals surface area contributed by atoms with Gasteiger partial charge in [-0.05, 0) is 55.5 Å². The average Bonchev–Trinajstić information content (AvgIpc) is 3.34. The van der Waals surface area contributed by atoms with Crippen LogP contribution in [-0.4, -0.2) is 35.1 Å². The van der Waals surface area contributed by atoms with Crippen molar-refractivity contribution < 1.29 is 34.5 Å². The smallest absolute Gasteiger partial charge is 0.238 e. The third-order valence-corrected chi connectivity index (χ3v) is 4.64. The van der Waals surface area contributed by atoms with Crippen LogP contribution in [0.2, 0.25) is 0 Å². The monoisotopic (exact) mass is 456 g/mol. The first kappa shape index (κ1) is 7.88. The molecule has 4 aromatic rings. The summed E-state index contributed by atoms with van der Waals surface area (Å²) in [6.07, 6.45) is -0.803. The molecule has 0 saturated heterocycles. The molecule has 31 heavy (non-hydrogen) atoms. The summed E-state index contributed by atoms with van der Waals surface area (Å²) in [5, 5.41) is 10.3. The van der Waals surface area contributed by atoms with Gasteiger partial charge in [0.2, 0.25) is 16.0 Å². The van der Waals surface area contributed by atoms with Gasteiger partial charge in [0.25, 0.3) is 0 Å². The van der Waals surface area contributed by atoms with Crippen LogP contribution >= 0.6 is 0 Å². The predicted octanol–water partition coefficient (Wildman–Crippen LogP) is 3.14. The second kappa shape index (κ2) is 7.64. The number of sulfonamides is 1. The van der Waals surface area contributed by atoms with Gasteiger partial charge in [0, 0.05) is 59.0 Å². The van der Waals surface area contributed by atoms with Crippen molar-refractivity contribution in [2.45, 2.75) is 18.6 Å². The Bertz CT molecular complexity index is 2160. The highest BCUT2D eigenvalue weighted by Gasteiger charge is 2.14. The third kappa shape index (κ3) is 4.07. The van der Waals surface area contributed by atoms with Crippen molar-refractivity contribution in [2.24, 2.45) is 12.1 Å². The standard InChI is InChI=1S/C21H23N7O2S/c1-13-5-6-15(11-19(13)31(22,29)30)24-21-23-10-9-20(25-21)27(3)16-7-8-17-14(2)28(4)26-18(17)12-16/h5-12H,1-4H3,(H2,22,29,30)(H,23,24,25)/i1D3,2D3,3D3,4D3,5D,6D,7D,8D,10D,11D,12D. The molecule has 0 radical (unpaired) electrons. The first-order valence-corrected chi connectivity index (χ1v) is 9.58. The zero-order chi connectivity index (χ0) is 38.4. The summed E-state index contributed by atoms with van der Waals surface area (Å²) in [4.78, 5) is 6.45. The summed E-state index contributed by atoms with van der Waals surface area (Å²) in [6, 6.07) is -5.88. The minimum absolute atomic E-state index is 0.0724. The number of hydrogen-bond donors (Lipinski definition) is 2. The zero-order valence-corrected chi connectivity index (χ0v) is 15.9. The van der Waals surface area contributed by atoms with Gasteiger partial charge in [-0.2, -0.15) is 10.1 Å². The number of aromatic nitrogens is 4. The third-order valence-electron chi connectivity index (χ3n) is 3.76. The molecular weight excluding hydrogens is 414 g/mol. The van der Waals surface area contributed by atoms with Crippen molar-refractivity contribution in [2.75, 3.05) is 17.2 Å². The Morgan fingerprint density at radius 1 is 1.23 bits per heavy atom. The number of anilines is 4. The number of benzene rings is 2. The van der Waals surface area contributed by atoms with E-state index in [0.29, 0.717) is 6.07 Å². The highest BCUT2D eigenvalue weighted by Crippen LogP contribution is 2.28. The van der Waals surface area contributed by atoms with Gasteiger partial charge in [0.1, 0.15) is 5.82 Å². The Morgan fingerprint density at radius 2 is 2.13 bits per heavy atom. The molecule has 2 aromatic carbocycles. The minimum atomic E-state index is -5.03. The van der Waals surface area contributed by atoms with Crippen molar-refractivity contribution in [3.05, 3.63) is 59.8 Å². The van der Waals surface area contributed by atoms with Crippen LogP contribution in [0.15, 0.2) is 53.4 Å². The molecule has 160 valence electrons. The lowest BCUT2D eigenvalue weighted by molar-refractivity contribution is 0.597. The number of aryl methyl sites for hydroxylation is 2. The molecule has 0 atom stereocenters. The van der Waals surface area contributed by atoms with Crippen LogP contribution in [-0.2, 0) is 17.0 Å². The number of hydrogen-bond acceptors (Lipinski definition) is 7. The number of primary sulfonamides is 1. The summed E-state index contributed by atoms with van der Waals surface area (Å²) in [5.41, 5.74) is -4.87. The molecule has 0 aliphatic heterocycles. The molecular formula is C21H23N7O2S. The summed E-state index contributed by atoms with van der Waals surface area (Å²) in [6.45, 7) is -13.2. The largest absolute Gasteiger partial charge is 0.329 e. The molecule has 4 rings (SSSR count). The SMILES string of the molecule is [2H]c1cc(N(c2c([2H])c([2H])c3c(C([2H])([2H])[2H])n(C([2H])([2H])[2H])nc3c2[2H])C([2H])([2H])[2H])nc(Nc2c([2H])c([2H])c(C([2H])([2H])[2H])c(S(N)(=O)=O)c2[2H])n1. The predicted molar refractivity (Wildman–Crippen MR) is 121 cm³/mol. The molecule has 0 spiro atoms. The van der Waals surface area contributed by atoms with Gasteiger partial charge in [-0.25, -0.2) is 18.5 Å². The van der Waals surface area contributed by atoms with E-state index in [9.17, 15) is 8.42 Å². The summed E-state index contributed by atoms with van der Waals surface area (Å²) < 4.78 is 178. The Kier molecular flexibility index (Phi) is 1.94. The van der Waals surface area contributed by atoms with E-state index in [2.05, 4.69) is 20.4 Å². The van der Waals surface area contributed by atoms with Gasteiger partial charge in [-0.1, -0.05) is 6.04 Å². The average molecular weight is 457 g/mol. The van der Waals surface area contributed by atoms with E-state index in [0.717, 1.165) is 0 Å². The van der Waals surface area contributed by atoms with Crippen molar-refractivity contribution in [1.29, 1.82) is 0 Å². The van der Waals surface area contributed by atoms with E-state index in [4.69, 9.17) is 31.2 Å². The fourth-order valence-electron chi connectivity index (χ4n) is 2.38. The number of nitrogens with one attached hydrogen (secondary N) is 1. The quantitative estimate of drug-likeness (QED) is 0.473. The molecule has 0 saturated carbocycles. The lowest BCUT2D eigenvalue weighted by Crippen LogP contribution is -2.14. The number of nitrogens with zero attached hydrogens (tertiary/aromatic N) is 5. The van der Waals surface area contributed by atoms with E-state index in [1.54, 1.807) is 0 Å². The molecule has 0 amide bonds. The maximum absolute atomic E-state index is 12.4. The Balaban J connectivity index is 2.03. The summed E-state index contributed by atoms with van der Waals surface area (Å²) in [5.74, 6) is -1.67. The molecule has 0 unspecified atom stereocenters. The van der Waals surface area contributed by atoms with E-state index < -0.39 is 130 Å². The van der Waals surface area contributed by atoms with Gasteiger partial charge in [-0.3, -0.25) is 4.68 Å². The maximum atomic E-state index is 12.4. The minimum Gasteiger partial charge on any atom is -0.329 e. The van der Waals surface area contributed by atoms with E-state index in [1.807, 2.05) is 0 Å². The molecule has 0 bridgehead atoms. The van der Waals surface area contributed by atoms with Gasteiger partial charge in [0.15, 0.2) is 0 Å². The maximum Gasteiger partial charge on any atom is 0.238 e. The molecule has 9 nitrogen and oxygen atoms in total. The van der Waals surface area contributed by atoms with E-state index in [-0.39, 0.29) is 9.58 Å². The zero-order valence-electron chi connectivity index (χ0n) is 34.1. The number of fused-ring (bicyclic) bond motifs is 1. The first-order valence-electron chi connectivity index (χ1n) is 17.5. The fraction of sp³-hybridized carbons (Fsp3) is 0.190. The van der Waals surface area contributed by atoms with Crippen LogP contribution in [0.4, 0.5) is 23.1 Å². The van der Waals surface area contributed by atoms with Crippen LogP contribution in [0.3, 0.4) is 0 Å². The molecule has 2 heterocycles. The highest BCUT2D eigenvalue weighted by molar-refractivity contribution is 7.89. The molecule has 10 heteroatoms. The Morgan fingerprint density at radius 3 is 2.87 bits per heavy atom. The second-order valence-electron chi connectivity index (χ2n) is 5.85. The first-order chi connectivity index (χ1) is 22.4. The van der Waals surface area contributed by atoms with Gasteiger partial charge < -0.3 is 10.2 Å². The molecule has 0 aliphatic carbocycles. The van der Waals surface area contributed by atoms with Gasteiger partial charge in [-0.15, -0.1) is 0 Å². The van der Waals surface area contributed by atoms with Gasteiger partial charge >= 0.3 is 0 Å². The number of rotatable bonds is 5. The van der Waals surface area contributed by atoms with Gasteiger partial charge in [0.05, 0.1) is 20.0 Å². The molecule has 3 N–H and O–H groups in total. The van der Waals surface area contributed by atoms with E-state index in [1.165, 1.54) is 0 Å². The van der Waals surface area contributed by atoms with Crippen LogP contribution in [0.5, 0.6) is 0 Å². The summed E-state index contributed by atoms with van der Waals surface area (Å²) in [7, 11) is -5.03. The normalized spacial score (nSPS) is 22.2. The fourth-order valence-corrected chi connectivity index (χ4v) is 2.96. The van der Waals surface area contributed by atoms with Crippen LogP contribution in [0.1, 0.15) is 37.3 Å². The Hall–Kier alpha value is -3.50. The molecule has 0 fully saturated rings. The van der Waals surface area contributed by atoms with E-state index >= 15 is 0 Å². The summed E-state index contributed by atoms with van der Waals surface area (Å²) >= 11 is 0. The lowest BCUT2D eigenvalue weighted by Gasteiger charge is -2.19.